The molecule has 0 fully saturated rings. The number of hydrogen-bond acceptors (Lipinski definition) is 1. The number of aromatic amines is 2. The Labute approximate surface area is 96.3 Å². The van der Waals surface area contributed by atoms with E-state index in [1.54, 1.807) is 0 Å². The summed E-state index contributed by atoms with van der Waals surface area (Å²) in [4.78, 5) is 6.59. The summed E-state index contributed by atoms with van der Waals surface area (Å²) in [6.45, 7) is 3.16. The molecule has 86 valence electrons. The van der Waals surface area contributed by atoms with Gasteiger partial charge in [-0.05, 0) is 37.2 Å². The highest BCUT2D eigenvalue weighted by atomic mass is 14.8. The molecule has 0 aliphatic heterocycles. The quantitative estimate of drug-likeness (QED) is 0.707. The Balaban J connectivity index is 1.98. The van der Waals surface area contributed by atoms with Crippen molar-refractivity contribution in [3.8, 4) is 0 Å². The van der Waals surface area contributed by atoms with E-state index in [0.29, 0.717) is 5.92 Å². The monoisotopic (exact) mass is 217 g/mol. The van der Waals surface area contributed by atoms with Gasteiger partial charge < -0.3 is 15.3 Å². The first-order valence-corrected chi connectivity index (χ1v) is 5.73. The second-order valence-electron chi connectivity index (χ2n) is 4.29. The molecule has 2 aromatic heterocycles. The first kappa shape index (κ1) is 11.0. The summed E-state index contributed by atoms with van der Waals surface area (Å²) in [6.07, 6.45) is 5.10. The lowest BCUT2D eigenvalue weighted by atomic mass is 10.0. The van der Waals surface area contributed by atoms with Gasteiger partial charge in [0.15, 0.2) is 0 Å². The standard InChI is InChI=1S/C13H19N3/c1-10(13-4-3-5-15-13)6-12-7-11(8-14-2)9-16-12/h3-5,7,9-10,14-16H,6,8H2,1-2H3. The highest BCUT2D eigenvalue weighted by Gasteiger charge is 2.08. The molecule has 0 radical (unpaired) electrons. The van der Waals surface area contributed by atoms with Gasteiger partial charge in [0, 0.05) is 36.2 Å². The van der Waals surface area contributed by atoms with Gasteiger partial charge in [-0.3, -0.25) is 0 Å². The fourth-order valence-corrected chi connectivity index (χ4v) is 2.01. The summed E-state index contributed by atoms with van der Waals surface area (Å²) in [6, 6.07) is 6.42. The van der Waals surface area contributed by atoms with Gasteiger partial charge in [0.05, 0.1) is 0 Å². The van der Waals surface area contributed by atoms with Crippen molar-refractivity contribution in [3.63, 3.8) is 0 Å². The lowest BCUT2D eigenvalue weighted by molar-refractivity contribution is 0.724. The first-order valence-electron chi connectivity index (χ1n) is 5.73. The van der Waals surface area contributed by atoms with Gasteiger partial charge in [0.1, 0.15) is 0 Å². The van der Waals surface area contributed by atoms with E-state index in [4.69, 9.17) is 0 Å². The summed E-state index contributed by atoms with van der Waals surface area (Å²) in [5.74, 6) is 0.524. The van der Waals surface area contributed by atoms with Crippen molar-refractivity contribution >= 4 is 0 Å². The average Bonchev–Trinajstić information content (AvgIpc) is 2.89. The van der Waals surface area contributed by atoms with Crippen LogP contribution in [0.2, 0.25) is 0 Å². The molecule has 0 bridgehead atoms. The van der Waals surface area contributed by atoms with Crippen LogP contribution in [-0.2, 0) is 13.0 Å². The summed E-state index contributed by atoms with van der Waals surface area (Å²) < 4.78 is 0. The number of H-pyrrole nitrogens is 2. The smallest absolute Gasteiger partial charge is 0.0217 e. The molecule has 0 spiro atoms. The van der Waals surface area contributed by atoms with Crippen molar-refractivity contribution in [3.05, 3.63) is 47.5 Å². The molecule has 2 heterocycles. The van der Waals surface area contributed by atoms with E-state index in [9.17, 15) is 0 Å². The van der Waals surface area contributed by atoms with Crippen LogP contribution in [0.15, 0.2) is 30.6 Å². The Kier molecular flexibility index (Phi) is 3.47. The largest absolute Gasteiger partial charge is 0.365 e. The van der Waals surface area contributed by atoms with Gasteiger partial charge in [0.25, 0.3) is 0 Å². The van der Waals surface area contributed by atoms with Gasteiger partial charge in [-0.1, -0.05) is 6.92 Å². The average molecular weight is 217 g/mol. The molecule has 1 atom stereocenters. The molecule has 16 heavy (non-hydrogen) atoms. The Morgan fingerprint density at radius 3 is 2.94 bits per heavy atom. The van der Waals surface area contributed by atoms with Gasteiger partial charge in [-0.15, -0.1) is 0 Å². The Morgan fingerprint density at radius 2 is 2.25 bits per heavy atom. The van der Waals surface area contributed by atoms with Crippen molar-refractivity contribution < 1.29 is 0 Å². The van der Waals surface area contributed by atoms with Crippen LogP contribution in [0.3, 0.4) is 0 Å². The molecule has 0 saturated carbocycles. The van der Waals surface area contributed by atoms with E-state index < -0.39 is 0 Å². The molecule has 1 unspecified atom stereocenters. The highest BCUT2D eigenvalue weighted by Crippen LogP contribution is 2.18. The summed E-state index contributed by atoms with van der Waals surface area (Å²) >= 11 is 0. The molecular formula is C13H19N3. The highest BCUT2D eigenvalue weighted by molar-refractivity contribution is 5.19. The van der Waals surface area contributed by atoms with Crippen molar-refractivity contribution in [2.45, 2.75) is 25.8 Å². The van der Waals surface area contributed by atoms with E-state index in [1.165, 1.54) is 17.0 Å². The van der Waals surface area contributed by atoms with E-state index in [1.807, 2.05) is 19.3 Å². The predicted octanol–water partition coefficient (Wildman–Crippen LogP) is 2.41. The zero-order chi connectivity index (χ0) is 11.4. The SMILES string of the molecule is CNCc1c[nH]c(CC(C)c2ccc[nH]2)c1. The number of hydrogen-bond donors (Lipinski definition) is 3. The maximum Gasteiger partial charge on any atom is 0.0217 e. The van der Waals surface area contributed by atoms with E-state index in [2.05, 4.69) is 40.5 Å². The zero-order valence-corrected chi connectivity index (χ0v) is 9.88. The fourth-order valence-electron chi connectivity index (χ4n) is 2.01. The molecule has 2 aromatic rings. The molecule has 2 rings (SSSR count). The van der Waals surface area contributed by atoms with Crippen molar-refractivity contribution in [2.75, 3.05) is 7.05 Å². The molecule has 0 amide bonds. The van der Waals surface area contributed by atoms with Crippen molar-refractivity contribution in [1.82, 2.24) is 15.3 Å². The normalized spacial score (nSPS) is 12.9. The maximum atomic E-state index is 3.33. The van der Waals surface area contributed by atoms with Crippen LogP contribution in [0, 0.1) is 0 Å². The van der Waals surface area contributed by atoms with Crippen molar-refractivity contribution in [2.24, 2.45) is 0 Å². The van der Waals surface area contributed by atoms with Gasteiger partial charge >= 0.3 is 0 Å². The molecule has 3 nitrogen and oxygen atoms in total. The van der Waals surface area contributed by atoms with Crippen molar-refractivity contribution in [1.29, 1.82) is 0 Å². The third-order valence-electron chi connectivity index (χ3n) is 2.86. The van der Waals surface area contributed by atoms with Crippen LogP contribution >= 0.6 is 0 Å². The summed E-state index contributed by atoms with van der Waals surface area (Å²) in [5, 5.41) is 3.15. The number of rotatable bonds is 5. The van der Waals surface area contributed by atoms with Crippen LogP contribution in [0.25, 0.3) is 0 Å². The van der Waals surface area contributed by atoms with Gasteiger partial charge in [0.2, 0.25) is 0 Å². The van der Waals surface area contributed by atoms with Gasteiger partial charge in [-0.2, -0.15) is 0 Å². The summed E-state index contributed by atoms with van der Waals surface area (Å²) in [5.41, 5.74) is 3.91. The van der Waals surface area contributed by atoms with E-state index in [0.717, 1.165) is 13.0 Å². The van der Waals surface area contributed by atoms with Crippen LogP contribution < -0.4 is 5.32 Å². The lowest BCUT2D eigenvalue weighted by Gasteiger charge is -2.07. The Bertz CT molecular complexity index is 414. The molecule has 0 saturated heterocycles. The topological polar surface area (TPSA) is 43.6 Å². The predicted molar refractivity (Wildman–Crippen MR) is 66.5 cm³/mol. The molecule has 0 aliphatic carbocycles. The molecular weight excluding hydrogens is 198 g/mol. The Morgan fingerprint density at radius 1 is 1.38 bits per heavy atom. The second-order valence-corrected chi connectivity index (χ2v) is 4.29. The van der Waals surface area contributed by atoms with Crippen LogP contribution in [-0.4, -0.2) is 17.0 Å². The number of nitrogens with one attached hydrogen (secondary N) is 3. The fraction of sp³-hybridized carbons (Fsp3) is 0.385. The second kappa shape index (κ2) is 5.03. The third kappa shape index (κ3) is 2.55. The van der Waals surface area contributed by atoms with E-state index >= 15 is 0 Å². The van der Waals surface area contributed by atoms with Crippen LogP contribution in [0.4, 0.5) is 0 Å². The minimum absolute atomic E-state index is 0.524. The third-order valence-corrected chi connectivity index (χ3v) is 2.86. The maximum absolute atomic E-state index is 3.33. The minimum atomic E-state index is 0.524. The van der Waals surface area contributed by atoms with E-state index in [-0.39, 0.29) is 0 Å². The number of aromatic nitrogens is 2. The van der Waals surface area contributed by atoms with Crippen LogP contribution in [0.5, 0.6) is 0 Å². The molecule has 3 heteroatoms. The Hall–Kier alpha value is -1.48. The lowest BCUT2D eigenvalue weighted by Crippen LogP contribution is -2.03. The van der Waals surface area contributed by atoms with Crippen LogP contribution in [0.1, 0.15) is 29.8 Å². The minimum Gasteiger partial charge on any atom is -0.365 e. The van der Waals surface area contributed by atoms with Gasteiger partial charge in [-0.25, -0.2) is 0 Å². The zero-order valence-electron chi connectivity index (χ0n) is 9.88. The molecule has 3 N–H and O–H groups in total. The molecule has 0 aromatic carbocycles. The first-order chi connectivity index (χ1) is 7.79. The molecule has 0 aliphatic rings. The summed E-state index contributed by atoms with van der Waals surface area (Å²) in [7, 11) is 1.97.